The summed E-state index contributed by atoms with van der Waals surface area (Å²) in [6, 6.07) is 8.97. The predicted molar refractivity (Wildman–Crippen MR) is 198 cm³/mol. The second-order valence-electron chi connectivity index (χ2n) is 19.8. The summed E-state index contributed by atoms with van der Waals surface area (Å²) in [7, 11) is 0. The number of carboxylic acids is 1. The fraction of sp³-hybridized carbons (Fsp3) is 0.767. The van der Waals surface area contributed by atoms with Gasteiger partial charge in [0.1, 0.15) is 24.4 Å². The molecular formula is C43H62O11. The number of rotatable bonds is 6. The standard InChI is InChI=1S/C43H62O11/c1-38(2)19-25-24-13-14-27-40(5)17-16-29(53-37-33(48)31(46)32(47)34(54-37)35(49)50)39(3,4)26(40)15-18-41(27,6)42(24,7)20-28(45)43(25,22-44)21-30(38)52-36(51)23-11-9-8-10-12-23/h8-13,25-34,37,44-48H,14-22H2,1-7H3,(H,49,50)/t25-,26-,27-,28+,29+,30+,31+,32+,33-,34+,37+,40+,41+,42-,43+/m1/s1. The van der Waals surface area contributed by atoms with E-state index in [1.807, 2.05) is 18.2 Å². The number of hydrogen-bond donors (Lipinski definition) is 6. The lowest BCUT2D eigenvalue weighted by molar-refractivity contribution is -0.324. The number of aliphatic carboxylic acids is 1. The molecule has 0 aromatic heterocycles. The molecule has 0 radical (unpaired) electrons. The van der Waals surface area contributed by atoms with E-state index in [-0.39, 0.29) is 46.6 Å². The Kier molecular flexibility index (Phi) is 9.85. The van der Waals surface area contributed by atoms with Gasteiger partial charge in [-0.1, -0.05) is 78.3 Å². The van der Waals surface area contributed by atoms with Crippen molar-refractivity contribution in [3.63, 3.8) is 0 Å². The van der Waals surface area contributed by atoms with Crippen molar-refractivity contribution in [2.45, 2.75) is 149 Å². The topological polar surface area (TPSA) is 183 Å². The summed E-state index contributed by atoms with van der Waals surface area (Å²) in [6.45, 7) is 15.6. The van der Waals surface area contributed by atoms with E-state index < -0.39 is 71.2 Å². The molecule has 0 unspecified atom stereocenters. The largest absolute Gasteiger partial charge is 0.479 e. The lowest BCUT2D eigenvalue weighted by Gasteiger charge is -2.72. The van der Waals surface area contributed by atoms with Crippen molar-refractivity contribution in [2.24, 2.45) is 50.2 Å². The second-order valence-corrected chi connectivity index (χ2v) is 19.8. The Labute approximate surface area is 319 Å². The Bertz CT molecular complexity index is 1640. The molecule has 0 amide bonds. The van der Waals surface area contributed by atoms with Gasteiger partial charge in [-0.15, -0.1) is 0 Å². The third-order valence-corrected chi connectivity index (χ3v) is 16.6. The molecule has 1 saturated heterocycles. The molecule has 0 bridgehead atoms. The van der Waals surface area contributed by atoms with E-state index in [0.29, 0.717) is 31.2 Å². The van der Waals surface area contributed by atoms with Gasteiger partial charge in [0.15, 0.2) is 12.4 Å². The maximum atomic E-state index is 13.3. The van der Waals surface area contributed by atoms with Crippen LogP contribution in [0.1, 0.15) is 110 Å². The van der Waals surface area contributed by atoms with Crippen molar-refractivity contribution in [3.8, 4) is 0 Å². The van der Waals surface area contributed by atoms with Crippen molar-refractivity contribution in [1.29, 1.82) is 0 Å². The van der Waals surface area contributed by atoms with Crippen molar-refractivity contribution in [3.05, 3.63) is 47.5 Å². The van der Waals surface area contributed by atoms with Crippen LogP contribution >= 0.6 is 0 Å². The highest BCUT2D eigenvalue weighted by Crippen LogP contribution is 2.76. The first-order valence-electron chi connectivity index (χ1n) is 20.0. The minimum atomic E-state index is -1.78. The first kappa shape index (κ1) is 39.8. The van der Waals surface area contributed by atoms with Gasteiger partial charge in [0.25, 0.3) is 0 Å². The van der Waals surface area contributed by atoms with E-state index in [4.69, 9.17) is 14.2 Å². The highest BCUT2D eigenvalue weighted by molar-refractivity contribution is 5.89. The van der Waals surface area contributed by atoms with E-state index in [1.54, 1.807) is 12.1 Å². The maximum absolute atomic E-state index is 13.3. The summed E-state index contributed by atoms with van der Waals surface area (Å²) in [5.41, 5.74) is -0.423. The lowest BCUT2D eigenvalue weighted by atomic mass is 9.33. The molecule has 15 atom stereocenters. The van der Waals surface area contributed by atoms with Crippen molar-refractivity contribution < 1.29 is 54.4 Å². The highest BCUT2D eigenvalue weighted by Gasteiger charge is 2.71. The van der Waals surface area contributed by atoms with Gasteiger partial charge in [-0.3, -0.25) is 0 Å². The van der Waals surface area contributed by atoms with Gasteiger partial charge in [-0.25, -0.2) is 9.59 Å². The summed E-state index contributed by atoms with van der Waals surface area (Å²) in [5.74, 6) is -1.40. The van der Waals surface area contributed by atoms with Crippen LogP contribution in [0.4, 0.5) is 0 Å². The molecule has 0 spiro atoms. The molecule has 11 heteroatoms. The van der Waals surface area contributed by atoms with Crippen molar-refractivity contribution in [2.75, 3.05) is 6.61 Å². The van der Waals surface area contributed by atoms with E-state index in [2.05, 4.69) is 54.5 Å². The van der Waals surface area contributed by atoms with Crippen LogP contribution in [0, 0.1) is 50.2 Å². The van der Waals surface area contributed by atoms with Crippen LogP contribution in [0.5, 0.6) is 0 Å². The molecule has 5 aliphatic carbocycles. The quantitative estimate of drug-likeness (QED) is 0.133. The fourth-order valence-electron chi connectivity index (χ4n) is 13.2. The van der Waals surface area contributed by atoms with Gasteiger partial charge in [0, 0.05) is 10.8 Å². The monoisotopic (exact) mass is 754 g/mol. The third kappa shape index (κ3) is 5.69. The SMILES string of the molecule is CC1(C)C[C@@H]2C3=CC[C@@H]4[C@@]5(C)CC[C@H](O[C@H]6O[C@H](C(=O)O)[C@@H](O)[C@H](O)[C@H]6O)C(C)(C)[C@H]5CC[C@]4(C)[C@]3(C)C[C@H](O)[C@]2(CO)C[C@@H]1OC(=O)c1ccccc1. The number of carbonyl (C=O) groups is 2. The van der Waals surface area contributed by atoms with Crippen LogP contribution in [-0.2, 0) is 19.0 Å². The number of carbonyl (C=O) groups excluding carboxylic acids is 1. The van der Waals surface area contributed by atoms with E-state index >= 15 is 0 Å². The minimum absolute atomic E-state index is 0.0766. The van der Waals surface area contributed by atoms with Gasteiger partial charge >= 0.3 is 11.9 Å². The molecule has 300 valence electrons. The van der Waals surface area contributed by atoms with Crippen LogP contribution in [-0.4, -0.2) is 98.2 Å². The zero-order chi connectivity index (χ0) is 39.4. The minimum Gasteiger partial charge on any atom is -0.479 e. The highest BCUT2D eigenvalue weighted by atomic mass is 16.7. The Morgan fingerprint density at radius 3 is 2.17 bits per heavy atom. The van der Waals surface area contributed by atoms with Gasteiger partial charge in [-0.2, -0.15) is 0 Å². The Hall–Kier alpha value is -2.38. The van der Waals surface area contributed by atoms with E-state index in [9.17, 15) is 40.2 Å². The summed E-state index contributed by atoms with van der Waals surface area (Å²) in [5, 5.41) is 64.6. The van der Waals surface area contributed by atoms with Crippen LogP contribution in [0.2, 0.25) is 0 Å². The Morgan fingerprint density at radius 2 is 1.52 bits per heavy atom. The summed E-state index contributed by atoms with van der Waals surface area (Å²) in [6.07, 6.45) is -1.72. The maximum Gasteiger partial charge on any atom is 0.338 e. The molecule has 5 fully saturated rings. The van der Waals surface area contributed by atoms with Crippen LogP contribution in [0.25, 0.3) is 0 Å². The average molecular weight is 755 g/mol. The second kappa shape index (κ2) is 13.4. The molecule has 54 heavy (non-hydrogen) atoms. The number of benzene rings is 1. The molecule has 1 aromatic rings. The van der Waals surface area contributed by atoms with Crippen LogP contribution in [0.3, 0.4) is 0 Å². The number of aliphatic hydroxyl groups is 5. The number of aliphatic hydroxyl groups excluding tert-OH is 5. The molecule has 4 saturated carbocycles. The predicted octanol–water partition coefficient (Wildman–Crippen LogP) is 4.86. The van der Waals surface area contributed by atoms with Gasteiger partial charge in [-0.05, 0) is 103 Å². The van der Waals surface area contributed by atoms with E-state index in [1.165, 1.54) is 5.57 Å². The molecule has 6 aliphatic rings. The zero-order valence-electron chi connectivity index (χ0n) is 32.9. The molecule has 6 N–H and O–H groups in total. The number of carboxylic acid groups (broad SMARTS) is 1. The number of fused-ring (bicyclic) bond motifs is 7. The smallest absolute Gasteiger partial charge is 0.338 e. The van der Waals surface area contributed by atoms with Crippen molar-refractivity contribution in [1.82, 2.24) is 0 Å². The summed E-state index contributed by atoms with van der Waals surface area (Å²) < 4.78 is 18.1. The molecular weight excluding hydrogens is 692 g/mol. The van der Waals surface area contributed by atoms with Gasteiger partial charge in [0.2, 0.25) is 0 Å². The third-order valence-electron chi connectivity index (χ3n) is 16.6. The lowest BCUT2D eigenvalue weighted by Crippen LogP contribution is -2.68. The number of allylic oxidation sites excluding steroid dienone is 2. The number of esters is 1. The molecule has 1 heterocycles. The van der Waals surface area contributed by atoms with E-state index in [0.717, 1.165) is 25.7 Å². The summed E-state index contributed by atoms with van der Waals surface area (Å²) in [4.78, 5) is 25.1. The first-order valence-corrected chi connectivity index (χ1v) is 20.0. The normalized spacial score (nSPS) is 47.9. The first-order chi connectivity index (χ1) is 25.2. The Balaban J connectivity index is 1.16. The average Bonchev–Trinajstić information content (AvgIpc) is 3.10. The van der Waals surface area contributed by atoms with Gasteiger partial charge in [0.05, 0.1) is 24.4 Å². The van der Waals surface area contributed by atoms with Gasteiger partial charge < -0.3 is 44.8 Å². The van der Waals surface area contributed by atoms with Crippen LogP contribution in [0.15, 0.2) is 42.0 Å². The number of hydrogen-bond acceptors (Lipinski definition) is 10. The molecule has 11 nitrogen and oxygen atoms in total. The zero-order valence-corrected chi connectivity index (χ0v) is 32.9. The van der Waals surface area contributed by atoms with Crippen molar-refractivity contribution >= 4 is 11.9 Å². The molecule has 7 rings (SSSR count). The Morgan fingerprint density at radius 1 is 0.833 bits per heavy atom. The van der Waals surface area contributed by atoms with Crippen LogP contribution < -0.4 is 0 Å². The number of ether oxygens (including phenoxy) is 3. The summed E-state index contributed by atoms with van der Waals surface area (Å²) >= 11 is 0. The fourth-order valence-corrected chi connectivity index (χ4v) is 13.2. The molecule has 1 aliphatic heterocycles. The molecule has 1 aromatic carbocycles.